The first kappa shape index (κ1) is 10.2. The lowest BCUT2D eigenvalue weighted by Gasteiger charge is -1.87. The quantitative estimate of drug-likeness (QED) is 0.546. The zero-order valence-electron chi connectivity index (χ0n) is 7.67. The van der Waals surface area contributed by atoms with Gasteiger partial charge < -0.3 is 0 Å². The molecule has 0 aromatic heterocycles. The summed E-state index contributed by atoms with van der Waals surface area (Å²) in [5, 5.41) is 0. The molecular formula is C10H17N. The largest absolute Gasteiger partial charge is 0.262 e. The molecule has 0 amide bonds. The summed E-state index contributed by atoms with van der Waals surface area (Å²) in [4.78, 5) is 4.16. The second kappa shape index (κ2) is 7.26. The van der Waals surface area contributed by atoms with Gasteiger partial charge in [-0.25, -0.2) is 0 Å². The molecule has 0 aromatic rings. The van der Waals surface area contributed by atoms with Crippen molar-refractivity contribution < 1.29 is 0 Å². The highest BCUT2D eigenvalue weighted by Gasteiger charge is 1.78. The van der Waals surface area contributed by atoms with Crippen LogP contribution in [0.5, 0.6) is 0 Å². The summed E-state index contributed by atoms with van der Waals surface area (Å²) in [6, 6.07) is 0. The Morgan fingerprint density at radius 2 is 2.18 bits per heavy atom. The number of allylic oxidation sites excluding steroid dienone is 3. The Bertz CT molecular complexity index is 164. The molecule has 0 radical (unpaired) electrons. The highest BCUT2D eigenvalue weighted by molar-refractivity contribution is 5.93. The van der Waals surface area contributed by atoms with Gasteiger partial charge in [0, 0.05) is 11.9 Å². The topological polar surface area (TPSA) is 12.4 Å². The van der Waals surface area contributed by atoms with E-state index in [1.807, 2.05) is 26.1 Å². The van der Waals surface area contributed by atoms with Crippen molar-refractivity contribution in [3.05, 3.63) is 24.4 Å². The fraction of sp³-hybridized carbons (Fsp3) is 0.500. The molecule has 0 bridgehead atoms. The summed E-state index contributed by atoms with van der Waals surface area (Å²) in [5.74, 6) is 0. The summed E-state index contributed by atoms with van der Waals surface area (Å²) < 4.78 is 0. The molecule has 0 fully saturated rings. The van der Waals surface area contributed by atoms with Crippen LogP contribution in [0.2, 0.25) is 0 Å². The Morgan fingerprint density at radius 1 is 1.45 bits per heavy atom. The van der Waals surface area contributed by atoms with E-state index >= 15 is 0 Å². The van der Waals surface area contributed by atoms with Crippen molar-refractivity contribution in [2.24, 2.45) is 4.99 Å². The van der Waals surface area contributed by atoms with Crippen LogP contribution in [-0.2, 0) is 0 Å². The Balaban J connectivity index is 3.74. The maximum absolute atomic E-state index is 4.16. The maximum atomic E-state index is 4.16. The van der Waals surface area contributed by atoms with Crippen molar-refractivity contribution in [1.29, 1.82) is 0 Å². The predicted molar refractivity (Wildman–Crippen MR) is 52.0 cm³/mol. The third-order valence-corrected chi connectivity index (χ3v) is 1.24. The van der Waals surface area contributed by atoms with Crippen molar-refractivity contribution >= 4 is 5.71 Å². The van der Waals surface area contributed by atoms with Crippen LogP contribution in [0.15, 0.2) is 29.4 Å². The van der Waals surface area contributed by atoms with E-state index in [0.29, 0.717) is 0 Å². The monoisotopic (exact) mass is 151 g/mol. The van der Waals surface area contributed by atoms with Crippen LogP contribution in [0.3, 0.4) is 0 Å². The van der Waals surface area contributed by atoms with Crippen LogP contribution < -0.4 is 0 Å². The number of aliphatic imine (C=N–C) groups is 1. The van der Waals surface area contributed by atoms with E-state index in [-0.39, 0.29) is 0 Å². The van der Waals surface area contributed by atoms with E-state index in [1.165, 1.54) is 6.42 Å². The molecule has 1 heteroatoms. The average Bonchev–Trinajstić information content (AvgIpc) is 2.01. The Kier molecular flexibility index (Phi) is 6.70. The van der Waals surface area contributed by atoms with Gasteiger partial charge in [0.15, 0.2) is 0 Å². The van der Waals surface area contributed by atoms with Crippen molar-refractivity contribution in [2.45, 2.75) is 33.6 Å². The molecular weight excluding hydrogens is 134 g/mol. The Labute approximate surface area is 69.5 Å². The van der Waals surface area contributed by atoms with Crippen LogP contribution in [0.25, 0.3) is 0 Å². The van der Waals surface area contributed by atoms with E-state index in [2.05, 4.69) is 24.1 Å². The minimum absolute atomic E-state index is 1.07. The van der Waals surface area contributed by atoms with Gasteiger partial charge in [-0.2, -0.15) is 0 Å². The molecule has 0 N–H and O–H groups in total. The van der Waals surface area contributed by atoms with Crippen LogP contribution in [0.1, 0.15) is 33.6 Å². The first-order chi connectivity index (χ1) is 5.31. The van der Waals surface area contributed by atoms with Crippen molar-refractivity contribution in [3.8, 4) is 0 Å². The van der Waals surface area contributed by atoms with E-state index in [9.17, 15) is 0 Å². The second-order valence-corrected chi connectivity index (χ2v) is 2.44. The minimum atomic E-state index is 1.07. The van der Waals surface area contributed by atoms with E-state index in [1.54, 1.807) is 0 Å². The number of rotatable bonds is 4. The number of nitrogens with zero attached hydrogens (tertiary/aromatic N) is 1. The SMILES string of the molecule is C/C=C/N=C(C)\C=C\CCC. The molecule has 0 aliphatic carbocycles. The molecule has 1 nitrogen and oxygen atoms in total. The summed E-state index contributed by atoms with van der Waals surface area (Å²) in [7, 11) is 0. The van der Waals surface area contributed by atoms with Gasteiger partial charge in [-0.05, 0) is 26.3 Å². The molecule has 11 heavy (non-hydrogen) atoms. The lowest BCUT2D eigenvalue weighted by molar-refractivity contribution is 0.959. The third-order valence-electron chi connectivity index (χ3n) is 1.24. The van der Waals surface area contributed by atoms with Gasteiger partial charge in [0.25, 0.3) is 0 Å². The van der Waals surface area contributed by atoms with Crippen LogP contribution >= 0.6 is 0 Å². The second-order valence-electron chi connectivity index (χ2n) is 2.44. The van der Waals surface area contributed by atoms with Crippen LogP contribution in [0.4, 0.5) is 0 Å². The van der Waals surface area contributed by atoms with Gasteiger partial charge in [0.05, 0.1) is 0 Å². The minimum Gasteiger partial charge on any atom is -0.262 e. The van der Waals surface area contributed by atoms with E-state index in [0.717, 1.165) is 12.1 Å². The molecule has 0 aliphatic rings. The number of hydrogen-bond acceptors (Lipinski definition) is 1. The van der Waals surface area contributed by atoms with Gasteiger partial charge in [-0.1, -0.05) is 25.5 Å². The van der Waals surface area contributed by atoms with Gasteiger partial charge in [0.1, 0.15) is 0 Å². The highest BCUT2D eigenvalue weighted by Crippen LogP contribution is 1.90. The lowest BCUT2D eigenvalue weighted by Crippen LogP contribution is -1.81. The van der Waals surface area contributed by atoms with E-state index in [4.69, 9.17) is 0 Å². The van der Waals surface area contributed by atoms with Crippen LogP contribution in [0, 0.1) is 0 Å². The van der Waals surface area contributed by atoms with Gasteiger partial charge in [0.2, 0.25) is 0 Å². The highest BCUT2D eigenvalue weighted by atomic mass is 14.7. The van der Waals surface area contributed by atoms with Crippen molar-refractivity contribution in [1.82, 2.24) is 0 Å². The van der Waals surface area contributed by atoms with Gasteiger partial charge in [-0.15, -0.1) is 0 Å². The Hall–Kier alpha value is -0.850. The molecule has 0 rings (SSSR count). The maximum Gasteiger partial charge on any atom is 0.0369 e. The number of hydrogen-bond donors (Lipinski definition) is 0. The molecule has 0 saturated carbocycles. The molecule has 0 atom stereocenters. The molecule has 0 heterocycles. The summed E-state index contributed by atoms with van der Waals surface area (Å²) in [6.45, 7) is 6.14. The molecule has 62 valence electrons. The van der Waals surface area contributed by atoms with E-state index < -0.39 is 0 Å². The molecule has 0 spiro atoms. The Morgan fingerprint density at radius 3 is 2.73 bits per heavy atom. The lowest BCUT2D eigenvalue weighted by atomic mass is 10.3. The van der Waals surface area contributed by atoms with Gasteiger partial charge >= 0.3 is 0 Å². The molecule has 0 aliphatic heterocycles. The summed E-state index contributed by atoms with van der Waals surface area (Å²) >= 11 is 0. The zero-order valence-corrected chi connectivity index (χ0v) is 7.67. The third kappa shape index (κ3) is 7.04. The normalized spacial score (nSPS) is 13.5. The fourth-order valence-corrected chi connectivity index (χ4v) is 0.656. The van der Waals surface area contributed by atoms with Crippen LogP contribution in [-0.4, -0.2) is 5.71 Å². The molecule has 0 saturated heterocycles. The van der Waals surface area contributed by atoms with Crippen molar-refractivity contribution in [3.63, 3.8) is 0 Å². The number of unbranched alkanes of at least 4 members (excludes halogenated alkanes) is 1. The summed E-state index contributed by atoms with van der Waals surface area (Å²) in [6.07, 6.45) is 10.3. The fourth-order valence-electron chi connectivity index (χ4n) is 0.656. The molecule has 0 aromatic carbocycles. The summed E-state index contributed by atoms with van der Waals surface area (Å²) in [5.41, 5.74) is 1.07. The standard InChI is InChI=1S/C10H17N/c1-4-6-7-8-10(3)11-9-5-2/h5,7-9H,4,6H2,1-3H3/b8-7+,9-5+,11-10-. The van der Waals surface area contributed by atoms with Gasteiger partial charge in [-0.3, -0.25) is 4.99 Å². The average molecular weight is 151 g/mol. The first-order valence-electron chi connectivity index (χ1n) is 4.13. The zero-order chi connectivity index (χ0) is 8.53. The molecule has 0 unspecified atom stereocenters. The smallest absolute Gasteiger partial charge is 0.0369 e. The predicted octanol–water partition coefficient (Wildman–Crippen LogP) is 3.34. The first-order valence-corrected chi connectivity index (χ1v) is 4.13. The van der Waals surface area contributed by atoms with Crippen molar-refractivity contribution in [2.75, 3.05) is 0 Å².